The molecule has 0 aliphatic carbocycles. The third-order valence-corrected chi connectivity index (χ3v) is 5.00. The number of carbonyl (C=O) groups excluding carboxylic acids is 2. The Hall–Kier alpha value is -2.52. The van der Waals surface area contributed by atoms with E-state index < -0.39 is 6.04 Å². The Morgan fingerprint density at radius 3 is 2.96 bits per heavy atom. The zero-order chi connectivity index (χ0) is 18.5. The van der Waals surface area contributed by atoms with E-state index in [1.54, 1.807) is 12.0 Å². The molecule has 1 aliphatic heterocycles. The minimum atomic E-state index is -0.498. The van der Waals surface area contributed by atoms with Crippen molar-refractivity contribution in [1.29, 1.82) is 0 Å². The summed E-state index contributed by atoms with van der Waals surface area (Å²) in [6.07, 6.45) is 1.42. The maximum atomic E-state index is 12.6. The summed E-state index contributed by atoms with van der Waals surface area (Å²) in [5, 5.41) is 12.0. The topological polar surface area (TPSA) is 93.7 Å². The van der Waals surface area contributed by atoms with Crippen molar-refractivity contribution in [1.82, 2.24) is 15.1 Å². The highest BCUT2D eigenvalue weighted by Crippen LogP contribution is 2.29. The summed E-state index contributed by atoms with van der Waals surface area (Å²) in [6, 6.07) is 6.97. The molecule has 138 valence electrons. The van der Waals surface area contributed by atoms with Crippen molar-refractivity contribution in [2.24, 2.45) is 0 Å². The van der Waals surface area contributed by atoms with Gasteiger partial charge < -0.3 is 14.4 Å². The van der Waals surface area contributed by atoms with Crippen LogP contribution in [-0.2, 0) is 14.3 Å². The highest BCUT2D eigenvalue weighted by molar-refractivity contribution is 7.18. The van der Waals surface area contributed by atoms with Gasteiger partial charge in [0.2, 0.25) is 16.9 Å². The van der Waals surface area contributed by atoms with Gasteiger partial charge >= 0.3 is 0 Å². The molecule has 1 saturated heterocycles. The Morgan fingerprint density at radius 1 is 1.35 bits per heavy atom. The summed E-state index contributed by atoms with van der Waals surface area (Å²) in [7, 11) is 3.06. The van der Waals surface area contributed by atoms with Crippen LogP contribution in [0.25, 0.3) is 10.6 Å². The number of likely N-dealkylation sites (tertiary alicyclic amines) is 1. The molecule has 3 rings (SSSR count). The van der Waals surface area contributed by atoms with Crippen molar-refractivity contribution in [3.63, 3.8) is 0 Å². The molecule has 0 radical (unpaired) electrons. The summed E-state index contributed by atoms with van der Waals surface area (Å²) in [5.41, 5.74) is 0.861. The van der Waals surface area contributed by atoms with Gasteiger partial charge in [0, 0.05) is 19.2 Å². The molecule has 26 heavy (non-hydrogen) atoms. The molecule has 0 saturated carbocycles. The molecule has 0 spiro atoms. The molecular weight excluding hydrogens is 356 g/mol. The maximum Gasteiger partial charge on any atom is 0.249 e. The summed E-state index contributed by atoms with van der Waals surface area (Å²) < 4.78 is 10.1. The fraction of sp³-hybridized carbons (Fsp3) is 0.412. The molecule has 1 aromatic carbocycles. The van der Waals surface area contributed by atoms with Gasteiger partial charge in [-0.1, -0.05) is 23.5 Å². The van der Waals surface area contributed by atoms with Crippen molar-refractivity contribution in [2.75, 3.05) is 32.7 Å². The van der Waals surface area contributed by atoms with E-state index in [9.17, 15) is 9.59 Å². The van der Waals surface area contributed by atoms with E-state index in [1.165, 1.54) is 18.4 Å². The summed E-state index contributed by atoms with van der Waals surface area (Å²) >= 11 is 1.27. The zero-order valence-electron chi connectivity index (χ0n) is 14.6. The van der Waals surface area contributed by atoms with Crippen LogP contribution in [0, 0.1) is 0 Å². The van der Waals surface area contributed by atoms with Crippen LogP contribution in [0.5, 0.6) is 5.75 Å². The standard InChI is InChI=1S/C17H20N4O4S/c1-24-10-14(22)21-8-4-7-13(21)15(23)18-17-20-19-16(26-17)11-5-3-6-12(9-11)25-2/h3,5-6,9,13H,4,7-8,10H2,1-2H3,(H,18,20,23). The summed E-state index contributed by atoms with van der Waals surface area (Å²) in [6.45, 7) is 0.536. The second-order valence-corrected chi connectivity index (χ2v) is 6.79. The maximum absolute atomic E-state index is 12.6. The van der Waals surface area contributed by atoms with Crippen LogP contribution in [0.4, 0.5) is 5.13 Å². The molecule has 1 fully saturated rings. The number of nitrogens with one attached hydrogen (secondary N) is 1. The van der Waals surface area contributed by atoms with Crippen molar-refractivity contribution in [2.45, 2.75) is 18.9 Å². The number of aromatic nitrogens is 2. The predicted octanol–water partition coefficient (Wildman–Crippen LogP) is 1.79. The molecule has 1 atom stereocenters. The van der Waals surface area contributed by atoms with Gasteiger partial charge in [0.15, 0.2) is 0 Å². The third-order valence-electron chi connectivity index (χ3n) is 4.12. The first-order valence-electron chi connectivity index (χ1n) is 8.19. The fourth-order valence-electron chi connectivity index (χ4n) is 2.88. The van der Waals surface area contributed by atoms with Gasteiger partial charge in [-0.25, -0.2) is 0 Å². The average molecular weight is 376 g/mol. The van der Waals surface area contributed by atoms with Gasteiger partial charge in [-0.05, 0) is 25.0 Å². The monoisotopic (exact) mass is 376 g/mol. The van der Waals surface area contributed by atoms with Crippen molar-refractivity contribution < 1.29 is 19.1 Å². The smallest absolute Gasteiger partial charge is 0.249 e. The van der Waals surface area contributed by atoms with Gasteiger partial charge in [-0.15, -0.1) is 10.2 Å². The molecule has 2 aromatic rings. The van der Waals surface area contributed by atoms with E-state index in [4.69, 9.17) is 9.47 Å². The molecular formula is C17H20N4O4S. The molecule has 1 unspecified atom stereocenters. The first-order chi connectivity index (χ1) is 12.6. The number of hydrogen-bond donors (Lipinski definition) is 1. The fourth-order valence-corrected chi connectivity index (χ4v) is 3.62. The second-order valence-electron chi connectivity index (χ2n) is 5.81. The Kier molecular flexibility index (Phi) is 5.79. The van der Waals surface area contributed by atoms with Gasteiger partial charge in [0.25, 0.3) is 0 Å². The number of ether oxygens (including phenoxy) is 2. The average Bonchev–Trinajstić information content (AvgIpc) is 3.31. The third kappa shape index (κ3) is 4.00. The Bertz CT molecular complexity index is 795. The number of rotatable bonds is 6. The lowest BCUT2D eigenvalue weighted by molar-refractivity contribution is -0.139. The summed E-state index contributed by atoms with van der Waals surface area (Å²) in [4.78, 5) is 26.2. The molecule has 9 heteroatoms. The number of benzene rings is 1. The van der Waals surface area contributed by atoms with Gasteiger partial charge in [0.05, 0.1) is 7.11 Å². The Balaban J connectivity index is 1.68. The van der Waals surface area contributed by atoms with E-state index >= 15 is 0 Å². The van der Waals surface area contributed by atoms with E-state index in [-0.39, 0.29) is 18.4 Å². The van der Waals surface area contributed by atoms with Crippen molar-refractivity contribution in [3.8, 4) is 16.3 Å². The molecule has 1 aliphatic rings. The molecule has 2 heterocycles. The number of methoxy groups -OCH3 is 2. The summed E-state index contributed by atoms with van der Waals surface area (Å²) in [5.74, 6) is 0.293. The van der Waals surface area contributed by atoms with Crippen LogP contribution in [0.2, 0.25) is 0 Å². The molecule has 2 amide bonds. The minimum Gasteiger partial charge on any atom is -0.497 e. The quantitative estimate of drug-likeness (QED) is 0.826. The van der Waals surface area contributed by atoms with Gasteiger partial charge in [-0.2, -0.15) is 0 Å². The second kappa shape index (κ2) is 8.24. The van der Waals surface area contributed by atoms with Crippen molar-refractivity contribution >= 4 is 28.3 Å². The Morgan fingerprint density at radius 2 is 2.19 bits per heavy atom. The number of anilines is 1. The largest absolute Gasteiger partial charge is 0.497 e. The van der Waals surface area contributed by atoms with Gasteiger partial charge in [0.1, 0.15) is 23.4 Å². The SMILES string of the molecule is COCC(=O)N1CCCC1C(=O)Nc1nnc(-c2cccc(OC)c2)s1. The number of amides is 2. The van der Waals surface area contributed by atoms with Crippen LogP contribution in [0.15, 0.2) is 24.3 Å². The number of hydrogen-bond acceptors (Lipinski definition) is 7. The molecule has 0 bridgehead atoms. The zero-order valence-corrected chi connectivity index (χ0v) is 15.4. The van der Waals surface area contributed by atoms with E-state index in [2.05, 4.69) is 15.5 Å². The van der Waals surface area contributed by atoms with Crippen molar-refractivity contribution in [3.05, 3.63) is 24.3 Å². The van der Waals surface area contributed by atoms with Crippen LogP contribution in [0.1, 0.15) is 12.8 Å². The van der Waals surface area contributed by atoms with Crippen LogP contribution < -0.4 is 10.1 Å². The highest BCUT2D eigenvalue weighted by atomic mass is 32.1. The number of nitrogens with zero attached hydrogens (tertiary/aromatic N) is 3. The first-order valence-corrected chi connectivity index (χ1v) is 9.01. The normalized spacial score (nSPS) is 16.5. The first kappa shape index (κ1) is 18.3. The molecule has 1 N–H and O–H groups in total. The molecule has 8 nitrogen and oxygen atoms in total. The lowest BCUT2D eigenvalue weighted by Gasteiger charge is -2.23. The van der Waals surface area contributed by atoms with Crippen LogP contribution >= 0.6 is 11.3 Å². The molecule has 1 aromatic heterocycles. The lowest BCUT2D eigenvalue weighted by atomic mass is 10.2. The Labute approximate surface area is 155 Å². The van der Waals surface area contributed by atoms with E-state index in [1.807, 2.05) is 24.3 Å². The predicted molar refractivity (Wildman–Crippen MR) is 97.1 cm³/mol. The number of carbonyl (C=O) groups is 2. The minimum absolute atomic E-state index is 0.0252. The van der Waals surface area contributed by atoms with Crippen LogP contribution in [0.3, 0.4) is 0 Å². The van der Waals surface area contributed by atoms with E-state index in [0.29, 0.717) is 23.1 Å². The van der Waals surface area contributed by atoms with Crippen LogP contribution in [-0.4, -0.2) is 60.3 Å². The highest BCUT2D eigenvalue weighted by Gasteiger charge is 2.34. The van der Waals surface area contributed by atoms with E-state index in [0.717, 1.165) is 17.7 Å². The lowest BCUT2D eigenvalue weighted by Crippen LogP contribution is -2.44. The van der Waals surface area contributed by atoms with Gasteiger partial charge in [-0.3, -0.25) is 14.9 Å².